The number of nitrogens with zero attached hydrogens (tertiary/aromatic N) is 2. The minimum absolute atomic E-state index is 0.0387. The summed E-state index contributed by atoms with van der Waals surface area (Å²) in [6, 6.07) is 7.17. The molecular formula is C23H30ClN3O5S. The van der Waals surface area contributed by atoms with Crippen LogP contribution in [-0.4, -0.2) is 48.9 Å². The molecule has 1 aromatic heterocycles. The van der Waals surface area contributed by atoms with Crippen molar-refractivity contribution in [2.24, 2.45) is 13.0 Å². The number of benzene rings is 1. The van der Waals surface area contributed by atoms with Crippen LogP contribution < -0.4 is 5.32 Å². The largest absolute Gasteiger partial charge is 0.462 e. The molecule has 1 aliphatic heterocycles. The van der Waals surface area contributed by atoms with E-state index in [1.54, 1.807) is 44.5 Å². The van der Waals surface area contributed by atoms with Crippen LogP contribution in [0.25, 0.3) is 0 Å². The number of carbonyl (C=O) groups excluding carboxylic acids is 2. The Balaban J connectivity index is 1.80. The van der Waals surface area contributed by atoms with Crippen LogP contribution in [0.2, 0.25) is 5.02 Å². The van der Waals surface area contributed by atoms with E-state index in [-0.39, 0.29) is 29.5 Å². The molecule has 1 amide bonds. The first-order valence-corrected chi connectivity index (χ1v) is 12.7. The molecule has 0 saturated carbocycles. The third-order valence-corrected chi connectivity index (χ3v) is 8.41. The summed E-state index contributed by atoms with van der Waals surface area (Å²) in [6.45, 7) is 5.87. The summed E-state index contributed by atoms with van der Waals surface area (Å²) in [5, 5.41) is 3.51. The van der Waals surface area contributed by atoms with Gasteiger partial charge in [0.2, 0.25) is 15.9 Å². The van der Waals surface area contributed by atoms with Crippen LogP contribution in [-0.2, 0) is 33.1 Å². The molecule has 2 heterocycles. The number of nitrogens with one attached hydrogen (secondary N) is 1. The van der Waals surface area contributed by atoms with Crippen molar-refractivity contribution < 1.29 is 22.7 Å². The van der Waals surface area contributed by atoms with E-state index in [1.807, 2.05) is 12.1 Å². The molecule has 1 aliphatic rings. The standard InChI is InChI=1S/C23H30ClN3O5S/c1-5-32-23(29)20-15(2)26(4)16(3)21(20)33(30,31)27-12-6-7-18(14-27)22(28)25-13-17-8-10-19(24)11-9-17/h8-11,18H,5-7,12-14H2,1-4H3,(H,25,28)/t18-/m1/s1. The highest BCUT2D eigenvalue weighted by Crippen LogP contribution is 2.32. The number of hydrogen-bond acceptors (Lipinski definition) is 5. The Morgan fingerprint density at radius 3 is 2.48 bits per heavy atom. The molecular weight excluding hydrogens is 466 g/mol. The first-order chi connectivity index (χ1) is 15.6. The second-order valence-electron chi connectivity index (χ2n) is 8.20. The minimum Gasteiger partial charge on any atom is -0.462 e. The maximum absolute atomic E-state index is 13.6. The lowest BCUT2D eigenvalue weighted by Gasteiger charge is -2.31. The minimum atomic E-state index is -4.01. The van der Waals surface area contributed by atoms with E-state index in [4.69, 9.17) is 16.3 Å². The first kappa shape index (κ1) is 25.3. The average molecular weight is 496 g/mol. The lowest BCUT2D eigenvalue weighted by atomic mass is 9.99. The third-order valence-electron chi connectivity index (χ3n) is 6.14. The number of carbonyl (C=O) groups is 2. The van der Waals surface area contributed by atoms with E-state index < -0.39 is 21.9 Å². The number of esters is 1. The molecule has 10 heteroatoms. The van der Waals surface area contributed by atoms with Crippen molar-refractivity contribution in [1.29, 1.82) is 0 Å². The van der Waals surface area contributed by atoms with Crippen LogP contribution in [0.4, 0.5) is 0 Å². The third kappa shape index (κ3) is 5.26. The quantitative estimate of drug-likeness (QED) is 0.595. The zero-order chi connectivity index (χ0) is 24.3. The maximum atomic E-state index is 13.6. The van der Waals surface area contributed by atoms with Gasteiger partial charge in [0.05, 0.1) is 12.5 Å². The summed E-state index contributed by atoms with van der Waals surface area (Å²) < 4.78 is 35.4. The van der Waals surface area contributed by atoms with Crippen molar-refractivity contribution >= 4 is 33.5 Å². The zero-order valence-electron chi connectivity index (χ0n) is 19.4. The number of rotatable bonds is 7. The van der Waals surface area contributed by atoms with E-state index in [0.29, 0.717) is 42.3 Å². The molecule has 0 bridgehead atoms. The predicted molar refractivity (Wildman–Crippen MR) is 126 cm³/mol. The molecule has 0 radical (unpaired) electrons. The van der Waals surface area contributed by atoms with Crippen LogP contribution in [0.5, 0.6) is 0 Å². The van der Waals surface area contributed by atoms with Gasteiger partial charge in [-0.25, -0.2) is 13.2 Å². The van der Waals surface area contributed by atoms with E-state index in [0.717, 1.165) is 5.56 Å². The highest BCUT2D eigenvalue weighted by atomic mass is 35.5. The van der Waals surface area contributed by atoms with Gasteiger partial charge in [-0.05, 0) is 51.3 Å². The summed E-state index contributed by atoms with van der Waals surface area (Å²) in [6.07, 6.45) is 1.15. The molecule has 0 spiro atoms. The summed E-state index contributed by atoms with van der Waals surface area (Å²) in [4.78, 5) is 25.4. The molecule has 1 fully saturated rings. The van der Waals surface area contributed by atoms with Gasteiger partial charge in [-0.3, -0.25) is 4.79 Å². The molecule has 1 aromatic carbocycles. The van der Waals surface area contributed by atoms with Gasteiger partial charge in [-0.15, -0.1) is 0 Å². The van der Waals surface area contributed by atoms with Crippen LogP contribution >= 0.6 is 11.6 Å². The van der Waals surface area contributed by atoms with Crippen molar-refractivity contribution in [3.8, 4) is 0 Å². The number of sulfonamides is 1. The van der Waals surface area contributed by atoms with Gasteiger partial charge in [-0.2, -0.15) is 4.31 Å². The molecule has 3 rings (SSSR count). The summed E-state index contributed by atoms with van der Waals surface area (Å²) >= 11 is 5.90. The Morgan fingerprint density at radius 1 is 1.18 bits per heavy atom. The Bertz CT molecular complexity index is 1140. The Hall–Kier alpha value is -2.36. The van der Waals surface area contributed by atoms with Crippen LogP contribution in [0.1, 0.15) is 47.1 Å². The fourth-order valence-corrected chi connectivity index (χ4v) is 6.24. The van der Waals surface area contributed by atoms with E-state index in [9.17, 15) is 18.0 Å². The summed E-state index contributed by atoms with van der Waals surface area (Å²) in [7, 11) is -2.29. The molecule has 8 nitrogen and oxygen atoms in total. The molecule has 180 valence electrons. The van der Waals surface area contributed by atoms with Gasteiger partial charge in [0.25, 0.3) is 0 Å². The Morgan fingerprint density at radius 2 is 1.85 bits per heavy atom. The molecule has 0 unspecified atom stereocenters. The van der Waals surface area contributed by atoms with Gasteiger partial charge in [-0.1, -0.05) is 23.7 Å². The van der Waals surface area contributed by atoms with Gasteiger partial charge in [0.1, 0.15) is 10.5 Å². The summed E-state index contributed by atoms with van der Waals surface area (Å²) in [5.74, 6) is -1.33. The second kappa shape index (κ2) is 10.3. The number of hydrogen-bond donors (Lipinski definition) is 1. The highest BCUT2D eigenvalue weighted by Gasteiger charge is 2.38. The number of aromatic nitrogens is 1. The van der Waals surface area contributed by atoms with Gasteiger partial charge < -0.3 is 14.6 Å². The van der Waals surface area contributed by atoms with Crippen molar-refractivity contribution in [3.63, 3.8) is 0 Å². The second-order valence-corrected chi connectivity index (χ2v) is 10.5. The molecule has 33 heavy (non-hydrogen) atoms. The maximum Gasteiger partial charge on any atom is 0.341 e. The van der Waals surface area contributed by atoms with Crippen molar-refractivity contribution in [3.05, 3.63) is 51.8 Å². The van der Waals surface area contributed by atoms with Crippen molar-refractivity contribution in [2.75, 3.05) is 19.7 Å². The lowest BCUT2D eigenvalue weighted by molar-refractivity contribution is -0.126. The van der Waals surface area contributed by atoms with Crippen molar-refractivity contribution in [2.45, 2.75) is 45.1 Å². The van der Waals surface area contributed by atoms with Gasteiger partial charge >= 0.3 is 5.97 Å². The average Bonchev–Trinajstić information content (AvgIpc) is 3.03. The SMILES string of the molecule is CCOC(=O)c1c(S(=O)(=O)N2CCC[C@@H](C(=O)NCc3ccc(Cl)cc3)C2)c(C)n(C)c1C. The van der Waals surface area contributed by atoms with Crippen LogP contribution in [0.3, 0.4) is 0 Å². The summed E-state index contributed by atoms with van der Waals surface area (Å²) in [5.41, 5.74) is 1.96. The lowest BCUT2D eigenvalue weighted by Crippen LogP contribution is -2.45. The van der Waals surface area contributed by atoms with E-state index in [1.165, 1.54) is 4.31 Å². The molecule has 1 saturated heterocycles. The normalized spacial score (nSPS) is 17.1. The van der Waals surface area contributed by atoms with Crippen LogP contribution in [0, 0.1) is 19.8 Å². The fraction of sp³-hybridized carbons (Fsp3) is 0.478. The predicted octanol–water partition coefficient (Wildman–Crippen LogP) is 3.19. The van der Waals surface area contributed by atoms with Gasteiger partial charge in [0.15, 0.2) is 0 Å². The molecule has 1 atom stereocenters. The Kier molecular flexibility index (Phi) is 7.87. The Labute approximate surface area is 199 Å². The monoisotopic (exact) mass is 495 g/mol. The van der Waals surface area contributed by atoms with E-state index >= 15 is 0 Å². The highest BCUT2D eigenvalue weighted by molar-refractivity contribution is 7.89. The molecule has 1 N–H and O–H groups in total. The zero-order valence-corrected chi connectivity index (χ0v) is 20.9. The van der Waals surface area contributed by atoms with Gasteiger partial charge in [0, 0.05) is 43.1 Å². The molecule has 2 aromatic rings. The molecule has 0 aliphatic carbocycles. The smallest absolute Gasteiger partial charge is 0.341 e. The topological polar surface area (TPSA) is 97.7 Å². The first-order valence-electron chi connectivity index (χ1n) is 10.9. The fourth-order valence-electron chi connectivity index (χ4n) is 4.12. The number of piperidine rings is 1. The number of halogens is 1. The van der Waals surface area contributed by atoms with Crippen LogP contribution in [0.15, 0.2) is 29.2 Å². The van der Waals surface area contributed by atoms with Crippen molar-refractivity contribution in [1.82, 2.24) is 14.2 Å². The number of amides is 1. The van der Waals surface area contributed by atoms with E-state index in [2.05, 4.69) is 5.32 Å². The number of ether oxygens (including phenoxy) is 1.